The van der Waals surface area contributed by atoms with Crippen LogP contribution in [0.1, 0.15) is 0 Å². The first kappa shape index (κ1) is 4.92. The van der Waals surface area contributed by atoms with Gasteiger partial charge in [-0.2, -0.15) is 0 Å². The topological polar surface area (TPSA) is 29.1 Å². The largest absolute Gasteiger partial charge is 0.353 e. The van der Waals surface area contributed by atoms with Crippen molar-refractivity contribution in [3.63, 3.8) is 0 Å². The van der Waals surface area contributed by atoms with Gasteiger partial charge < -0.3 is 4.74 Å². The molecule has 1 atom stereocenters. The van der Waals surface area contributed by atoms with Crippen LogP contribution in [0.25, 0.3) is 0 Å². The molecule has 0 aromatic carbocycles. The molecule has 0 saturated carbocycles. The summed E-state index contributed by atoms with van der Waals surface area (Å²) in [5.74, 6) is 0. The van der Waals surface area contributed by atoms with Crippen molar-refractivity contribution in [2.24, 2.45) is 0 Å². The maximum atomic E-state index is 9.56. The van der Waals surface area contributed by atoms with Crippen molar-refractivity contribution < 1.29 is 9.84 Å². The third kappa shape index (κ3) is 3.92. The molecule has 2 nitrogen and oxygen atoms in total. The highest BCUT2D eigenvalue weighted by Gasteiger charge is 1.84. The van der Waals surface area contributed by atoms with Crippen molar-refractivity contribution in [3.05, 3.63) is 6.92 Å². The Bertz CT molecular complexity index is 18.9. The molecule has 0 amide bonds. The first-order valence-electron chi connectivity index (χ1n) is 1.29. The predicted molar refractivity (Wildman–Crippen MR) is 16.8 cm³/mol. The lowest BCUT2D eigenvalue weighted by Gasteiger charge is -1.90. The van der Waals surface area contributed by atoms with Crippen molar-refractivity contribution in [2.45, 2.75) is 6.29 Å². The average Bonchev–Trinajstić information content (AvgIpc) is 1.38. The van der Waals surface area contributed by atoms with Gasteiger partial charge in [-0.1, -0.05) is 0 Å². The highest BCUT2D eigenvalue weighted by atomic mass is 16.6. The molecule has 0 rings (SSSR count). The van der Waals surface area contributed by atoms with Crippen LogP contribution in [-0.2, 0) is 9.84 Å². The van der Waals surface area contributed by atoms with Gasteiger partial charge in [0.1, 0.15) is 0 Å². The van der Waals surface area contributed by atoms with Gasteiger partial charge >= 0.3 is 0 Å². The second-order valence-electron chi connectivity index (χ2n) is 0.665. The molecule has 0 aliphatic rings. The van der Waals surface area contributed by atoms with Gasteiger partial charge in [0.25, 0.3) is 0 Å². The van der Waals surface area contributed by atoms with Crippen LogP contribution in [0.2, 0.25) is 0 Å². The summed E-state index contributed by atoms with van der Waals surface area (Å²) in [6.07, 6.45) is -1.12. The van der Waals surface area contributed by atoms with Crippen molar-refractivity contribution in [1.82, 2.24) is 0 Å². The molecule has 0 aliphatic heterocycles. The molecular weight excluding hydrogens is 68.0 g/mol. The molecule has 30 valence electrons. The van der Waals surface area contributed by atoms with E-state index in [4.69, 9.17) is 0 Å². The lowest BCUT2D eigenvalue weighted by atomic mass is 10.8. The normalized spacial score (nSPS) is 15.0. The minimum Gasteiger partial charge on any atom is -0.353 e. The monoisotopic (exact) mass is 74.0 g/mol. The lowest BCUT2D eigenvalue weighted by Crippen LogP contribution is -1.97. The van der Waals surface area contributed by atoms with Crippen LogP contribution in [0, 0.1) is 6.92 Å². The van der Waals surface area contributed by atoms with Gasteiger partial charge in [0.05, 0.1) is 0 Å². The molecule has 0 aromatic heterocycles. The highest BCUT2D eigenvalue weighted by Crippen LogP contribution is 1.73. The van der Waals surface area contributed by atoms with E-state index in [1.54, 1.807) is 0 Å². The van der Waals surface area contributed by atoms with Gasteiger partial charge in [-0.25, -0.2) is 5.11 Å². The molecule has 0 fully saturated rings. The molecule has 1 unspecified atom stereocenters. The van der Waals surface area contributed by atoms with Crippen LogP contribution in [0.15, 0.2) is 0 Å². The van der Waals surface area contributed by atoms with Crippen molar-refractivity contribution in [2.75, 3.05) is 7.11 Å². The highest BCUT2D eigenvalue weighted by molar-refractivity contribution is 4.32. The van der Waals surface area contributed by atoms with Crippen LogP contribution in [0.3, 0.4) is 0 Å². The SMILES string of the molecule is [CH2]C([O])OC. The Hall–Kier alpha value is -0.0800. The summed E-state index contributed by atoms with van der Waals surface area (Å²) in [5.41, 5.74) is 0. The van der Waals surface area contributed by atoms with E-state index < -0.39 is 6.29 Å². The van der Waals surface area contributed by atoms with Crippen LogP contribution in [-0.4, -0.2) is 13.4 Å². The summed E-state index contributed by atoms with van der Waals surface area (Å²) < 4.78 is 4.08. The minimum atomic E-state index is -1.12. The fraction of sp³-hybridized carbons (Fsp3) is 0.667. The van der Waals surface area contributed by atoms with Gasteiger partial charge in [-0.15, -0.1) is 0 Å². The molecule has 0 bridgehead atoms. The number of rotatable bonds is 1. The molecular formula is C3H6O2. The molecule has 0 N–H and O–H groups in total. The zero-order valence-electron chi connectivity index (χ0n) is 3.10. The van der Waals surface area contributed by atoms with Crippen LogP contribution in [0.5, 0.6) is 0 Å². The summed E-state index contributed by atoms with van der Waals surface area (Å²) in [6.45, 7) is 2.98. The summed E-state index contributed by atoms with van der Waals surface area (Å²) in [7, 11) is 1.32. The summed E-state index contributed by atoms with van der Waals surface area (Å²) in [6, 6.07) is 0. The number of methoxy groups -OCH3 is 1. The van der Waals surface area contributed by atoms with Gasteiger partial charge in [0, 0.05) is 14.0 Å². The first-order valence-corrected chi connectivity index (χ1v) is 1.29. The van der Waals surface area contributed by atoms with E-state index in [0.29, 0.717) is 0 Å². The first-order chi connectivity index (χ1) is 2.27. The van der Waals surface area contributed by atoms with Crippen molar-refractivity contribution >= 4 is 0 Å². The standard InChI is InChI=1S/C3H6O2/c1-3(4)5-2/h3H,1H2,2H3. The van der Waals surface area contributed by atoms with Crippen LogP contribution in [0.4, 0.5) is 0 Å². The van der Waals surface area contributed by atoms with E-state index in [1.165, 1.54) is 7.11 Å². The predicted octanol–water partition coefficient (Wildman–Crippen LogP) is 0.223. The van der Waals surface area contributed by atoms with E-state index in [1.807, 2.05) is 0 Å². The van der Waals surface area contributed by atoms with Gasteiger partial charge in [-0.05, 0) is 0 Å². The Kier molecular flexibility index (Phi) is 2.14. The van der Waals surface area contributed by atoms with Gasteiger partial charge in [0.2, 0.25) is 0 Å². The Morgan fingerprint density at radius 1 is 2.00 bits per heavy atom. The zero-order chi connectivity index (χ0) is 4.28. The number of hydrogen-bond acceptors (Lipinski definition) is 1. The van der Waals surface area contributed by atoms with E-state index in [2.05, 4.69) is 11.7 Å². The molecule has 5 heavy (non-hydrogen) atoms. The lowest BCUT2D eigenvalue weighted by molar-refractivity contribution is -0.0849. The summed E-state index contributed by atoms with van der Waals surface area (Å²) >= 11 is 0. The zero-order valence-corrected chi connectivity index (χ0v) is 3.10. The van der Waals surface area contributed by atoms with Crippen LogP contribution >= 0.6 is 0 Å². The summed E-state index contributed by atoms with van der Waals surface area (Å²) in [5, 5.41) is 9.56. The van der Waals surface area contributed by atoms with Crippen molar-refractivity contribution in [1.29, 1.82) is 0 Å². The molecule has 0 saturated heterocycles. The quantitative estimate of drug-likeness (QED) is 0.409. The van der Waals surface area contributed by atoms with Crippen LogP contribution < -0.4 is 0 Å². The molecule has 0 aliphatic carbocycles. The smallest absolute Gasteiger partial charge is 0.191 e. The Labute approximate surface area is 31.4 Å². The average molecular weight is 74.1 g/mol. The third-order valence-corrected chi connectivity index (χ3v) is 0.263. The Balaban J connectivity index is 2.54. The van der Waals surface area contributed by atoms with E-state index >= 15 is 0 Å². The Morgan fingerprint density at radius 3 is 2.20 bits per heavy atom. The van der Waals surface area contributed by atoms with Gasteiger partial charge in [0.15, 0.2) is 6.29 Å². The molecule has 2 heteroatoms. The third-order valence-electron chi connectivity index (χ3n) is 0.263. The van der Waals surface area contributed by atoms with E-state index in [0.717, 1.165) is 0 Å². The van der Waals surface area contributed by atoms with E-state index in [9.17, 15) is 5.11 Å². The summed E-state index contributed by atoms with van der Waals surface area (Å²) in [4.78, 5) is 0. The fourth-order valence-electron chi connectivity index (χ4n) is 0. The second-order valence-corrected chi connectivity index (χ2v) is 0.665. The fourth-order valence-corrected chi connectivity index (χ4v) is 0. The molecule has 2 radical (unpaired) electrons. The Morgan fingerprint density at radius 2 is 2.20 bits per heavy atom. The second kappa shape index (κ2) is 2.18. The van der Waals surface area contributed by atoms with Crippen molar-refractivity contribution in [3.8, 4) is 0 Å². The maximum Gasteiger partial charge on any atom is 0.191 e. The maximum absolute atomic E-state index is 9.56. The number of hydrogen-bond donors (Lipinski definition) is 0. The number of ether oxygens (including phenoxy) is 1. The minimum absolute atomic E-state index is 1.12. The molecule has 0 heterocycles. The van der Waals surface area contributed by atoms with E-state index in [-0.39, 0.29) is 0 Å². The molecule has 0 spiro atoms. The van der Waals surface area contributed by atoms with Gasteiger partial charge in [-0.3, -0.25) is 0 Å². The molecule has 0 aromatic rings.